The predicted octanol–water partition coefficient (Wildman–Crippen LogP) is 3.32. The lowest BCUT2D eigenvalue weighted by Crippen LogP contribution is -2.29. The summed E-state index contributed by atoms with van der Waals surface area (Å²) < 4.78 is 5.33. The van der Waals surface area contributed by atoms with Crippen molar-refractivity contribution in [3.05, 3.63) is 12.7 Å². The van der Waals surface area contributed by atoms with Crippen LogP contribution in [0.4, 0.5) is 0 Å². The number of hydrogen-bond donors (Lipinski definition) is 0. The molecule has 1 unspecified atom stereocenters. The van der Waals surface area contributed by atoms with E-state index < -0.39 is 5.60 Å². The second-order valence-corrected chi connectivity index (χ2v) is 4.28. The van der Waals surface area contributed by atoms with Crippen LogP contribution in [0.25, 0.3) is 0 Å². The Balaban J connectivity index is 4.17. The van der Waals surface area contributed by atoms with Gasteiger partial charge in [-0.15, -0.1) is 0 Å². The first kappa shape index (κ1) is 13.2. The molecule has 0 rings (SSSR count). The maximum absolute atomic E-state index is 11.2. The van der Waals surface area contributed by atoms with Crippen LogP contribution >= 0.6 is 0 Å². The lowest BCUT2D eigenvalue weighted by molar-refractivity contribution is -0.154. The van der Waals surface area contributed by atoms with E-state index in [1.54, 1.807) is 13.0 Å². The summed E-state index contributed by atoms with van der Waals surface area (Å²) in [4.78, 5) is 11.2. The van der Waals surface area contributed by atoms with Crippen LogP contribution in [-0.4, -0.2) is 11.6 Å². The van der Waals surface area contributed by atoms with E-state index in [1.807, 2.05) is 6.92 Å². The van der Waals surface area contributed by atoms with Crippen molar-refractivity contribution in [3.63, 3.8) is 0 Å². The fraction of sp³-hybridized carbons (Fsp3) is 0.750. The summed E-state index contributed by atoms with van der Waals surface area (Å²) in [7, 11) is 0. The number of carbonyl (C=O) groups excluding carboxylic acids is 1. The summed E-state index contributed by atoms with van der Waals surface area (Å²) >= 11 is 0. The van der Waals surface area contributed by atoms with Gasteiger partial charge in [0.2, 0.25) is 0 Å². The fourth-order valence-corrected chi connectivity index (χ4v) is 1.10. The Morgan fingerprint density at radius 2 is 2.14 bits per heavy atom. The highest BCUT2D eigenvalue weighted by atomic mass is 16.6. The van der Waals surface area contributed by atoms with Gasteiger partial charge >= 0.3 is 5.97 Å². The van der Waals surface area contributed by atoms with E-state index in [1.165, 1.54) is 0 Å². The Labute approximate surface area is 87.3 Å². The first-order chi connectivity index (χ1) is 6.43. The molecule has 0 aliphatic rings. The second kappa shape index (κ2) is 5.84. The molecule has 2 heteroatoms. The Kier molecular flexibility index (Phi) is 5.51. The summed E-state index contributed by atoms with van der Waals surface area (Å²) in [6.07, 6.45) is 4.04. The molecule has 0 aliphatic heterocycles. The fourth-order valence-electron chi connectivity index (χ4n) is 1.10. The van der Waals surface area contributed by atoms with Gasteiger partial charge in [-0.1, -0.05) is 27.4 Å². The first-order valence-corrected chi connectivity index (χ1v) is 5.29. The maximum Gasteiger partial charge on any atom is 0.306 e. The van der Waals surface area contributed by atoms with Crippen LogP contribution in [0, 0.1) is 5.92 Å². The third-order valence-electron chi connectivity index (χ3n) is 2.29. The molecule has 0 heterocycles. The molecule has 0 radical (unpaired) electrons. The number of ether oxygens (including phenoxy) is 1. The second-order valence-electron chi connectivity index (χ2n) is 4.28. The molecule has 0 fully saturated rings. The lowest BCUT2D eigenvalue weighted by Gasteiger charge is -2.26. The Hall–Kier alpha value is -0.790. The van der Waals surface area contributed by atoms with Crippen molar-refractivity contribution in [2.75, 3.05) is 0 Å². The van der Waals surface area contributed by atoms with Gasteiger partial charge in [0.25, 0.3) is 0 Å². The minimum absolute atomic E-state index is 0.156. The van der Waals surface area contributed by atoms with Gasteiger partial charge in [-0.3, -0.25) is 4.79 Å². The smallest absolute Gasteiger partial charge is 0.306 e. The largest absolute Gasteiger partial charge is 0.455 e. The van der Waals surface area contributed by atoms with Crippen molar-refractivity contribution in [1.82, 2.24) is 0 Å². The summed E-state index contributed by atoms with van der Waals surface area (Å²) in [6.45, 7) is 11.7. The van der Waals surface area contributed by atoms with Gasteiger partial charge in [0.05, 0.1) is 0 Å². The van der Waals surface area contributed by atoms with Crippen LogP contribution in [0.5, 0.6) is 0 Å². The number of esters is 1. The van der Waals surface area contributed by atoms with Gasteiger partial charge in [0, 0.05) is 6.42 Å². The molecule has 2 nitrogen and oxygen atoms in total. The van der Waals surface area contributed by atoms with E-state index in [9.17, 15) is 4.79 Å². The first-order valence-electron chi connectivity index (χ1n) is 5.29. The quantitative estimate of drug-likeness (QED) is 0.483. The normalized spacial score (nSPS) is 14.9. The molecular weight excluding hydrogens is 176 g/mol. The van der Waals surface area contributed by atoms with Crippen LogP contribution in [-0.2, 0) is 9.53 Å². The van der Waals surface area contributed by atoms with E-state index in [0.717, 1.165) is 12.8 Å². The highest BCUT2D eigenvalue weighted by molar-refractivity contribution is 5.69. The maximum atomic E-state index is 11.2. The van der Waals surface area contributed by atoms with Crippen LogP contribution in [0.15, 0.2) is 12.7 Å². The highest BCUT2D eigenvalue weighted by Gasteiger charge is 2.24. The van der Waals surface area contributed by atoms with Crippen molar-refractivity contribution < 1.29 is 9.53 Å². The average molecular weight is 198 g/mol. The van der Waals surface area contributed by atoms with E-state index in [4.69, 9.17) is 4.74 Å². The molecule has 0 aromatic rings. The Bertz CT molecular complexity index is 196. The van der Waals surface area contributed by atoms with Gasteiger partial charge in [-0.05, 0) is 31.8 Å². The molecule has 0 N–H and O–H groups in total. The van der Waals surface area contributed by atoms with Crippen molar-refractivity contribution in [1.29, 1.82) is 0 Å². The molecule has 0 saturated heterocycles. The highest BCUT2D eigenvalue weighted by Crippen LogP contribution is 2.22. The molecular formula is C12H22O2. The molecule has 1 atom stereocenters. The topological polar surface area (TPSA) is 26.3 Å². The van der Waals surface area contributed by atoms with Gasteiger partial charge in [0.15, 0.2) is 0 Å². The lowest BCUT2D eigenvalue weighted by atomic mass is 9.95. The third-order valence-corrected chi connectivity index (χ3v) is 2.29. The molecule has 0 spiro atoms. The van der Waals surface area contributed by atoms with E-state index in [-0.39, 0.29) is 5.97 Å². The van der Waals surface area contributed by atoms with Gasteiger partial charge in [-0.25, -0.2) is 0 Å². The summed E-state index contributed by atoms with van der Waals surface area (Å²) in [5.74, 6) is 0.464. The molecule has 0 amide bonds. The van der Waals surface area contributed by atoms with Crippen molar-refractivity contribution in [3.8, 4) is 0 Å². The van der Waals surface area contributed by atoms with Crippen LogP contribution < -0.4 is 0 Å². The zero-order chi connectivity index (χ0) is 11.2. The minimum atomic E-state index is -0.489. The standard InChI is InChI=1S/C12H22O2/c1-6-11(13)14-12(5,7-2)9-8-10(3)4/h7,10H,2,6,8-9H2,1,3-5H3. The minimum Gasteiger partial charge on any atom is -0.455 e. The van der Waals surface area contributed by atoms with E-state index in [0.29, 0.717) is 12.3 Å². The molecule has 14 heavy (non-hydrogen) atoms. The van der Waals surface area contributed by atoms with Crippen molar-refractivity contribution >= 4 is 5.97 Å². The molecule has 0 bridgehead atoms. The number of rotatable bonds is 6. The van der Waals surface area contributed by atoms with Crippen LogP contribution in [0.1, 0.15) is 47.0 Å². The molecule has 0 aromatic heterocycles. The molecule has 0 saturated carbocycles. The van der Waals surface area contributed by atoms with Crippen molar-refractivity contribution in [2.45, 2.75) is 52.6 Å². The predicted molar refractivity (Wildman–Crippen MR) is 59.1 cm³/mol. The number of carbonyl (C=O) groups is 1. The summed E-state index contributed by atoms with van der Waals surface area (Å²) in [5, 5.41) is 0. The SMILES string of the molecule is C=CC(C)(CCC(C)C)OC(=O)CC. The van der Waals surface area contributed by atoms with Gasteiger partial charge in [-0.2, -0.15) is 0 Å². The van der Waals surface area contributed by atoms with E-state index in [2.05, 4.69) is 20.4 Å². The molecule has 0 aromatic carbocycles. The Morgan fingerprint density at radius 1 is 1.57 bits per heavy atom. The average Bonchev–Trinajstić information content (AvgIpc) is 2.14. The third kappa shape index (κ3) is 5.05. The zero-order valence-electron chi connectivity index (χ0n) is 9.80. The molecule has 0 aliphatic carbocycles. The molecule has 82 valence electrons. The summed E-state index contributed by atoms with van der Waals surface area (Å²) in [5.41, 5.74) is -0.489. The summed E-state index contributed by atoms with van der Waals surface area (Å²) in [6, 6.07) is 0. The van der Waals surface area contributed by atoms with Crippen LogP contribution in [0.2, 0.25) is 0 Å². The number of hydrogen-bond acceptors (Lipinski definition) is 2. The van der Waals surface area contributed by atoms with Crippen LogP contribution in [0.3, 0.4) is 0 Å². The van der Waals surface area contributed by atoms with Crippen molar-refractivity contribution in [2.24, 2.45) is 5.92 Å². The Morgan fingerprint density at radius 3 is 2.50 bits per heavy atom. The zero-order valence-corrected chi connectivity index (χ0v) is 9.80. The van der Waals surface area contributed by atoms with E-state index >= 15 is 0 Å². The van der Waals surface area contributed by atoms with Gasteiger partial charge < -0.3 is 4.74 Å². The van der Waals surface area contributed by atoms with Gasteiger partial charge in [0.1, 0.15) is 5.60 Å². The monoisotopic (exact) mass is 198 g/mol.